The Morgan fingerprint density at radius 2 is 2.00 bits per heavy atom. The minimum atomic E-state index is -4.73. The molecule has 0 saturated carbocycles. The number of hydrogen-bond donors (Lipinski definition) is 2. The Balaban J connectivity index is 1.37. The molecule has 12 heteroatoms. The van der Waals surface area contributed by atoms with E-state index >= 15 is 0 Å². The molecule has 4 rings (SSSR count). The van der Waals surface area contributed by atoms with Crippen LogP contribution in [0.2, 0.25) is 0 Å². The third kappa shape index (κ3) is 6.65. The number of nitrogens with one attached hydrogen (secondary N) is 2. The van der Waals surface area contributed by atoms with Crippen molar-refractivity contribution in [2.24, 2.45) is 0 Å². The van der Waals surface area contributed by atoms with E-state index in [-0.39, 0.29) is 17.8 Å². The second-order valence-corrected chi connectivity index (χ2v) is 9.27. The standard InChI is InChI=1S/C21H21F3N4O3S2/c1-12-18(33-20(25-12)28-17(29)10-15-4-2-3-9-30-15)16-11-32-19(27-16)26-13-5-7-14(8-6-13)31-21(22,23)24/h5-8,11,15H,2-4,9-10H2,1H3,(H,26,27)(H,25,28,29). The van der Waals surface area contributed by atoms with Crippen molar-refractivity contribution in [2.45, 2.75) is 45.1 Å². The first-order chi connectivity index (χ1) is 15.7. The lowest BCUT2D eigenvalue weighted by atomic mass is 10.1. The van der Waals surface area contributed by atoms with Gasteiger partial charge in [0.2, 0.25) is 5.91 Å². The molecule has 0 bridgehead atoms. The fourth-order valence-corrected chi connectivity index (χ4v) is 5.07. The van der Waals surface area contributed by atoms with E-state index < -0.39 is 6.36 Å². The molecule has 33 heavy (non-hydrogen) atoms. The fourth-order valence-electron chi connectivity index (χ4n) is 3.33. The van der Waals surface area contributed by atoms with Crippen molar-refractivity contribution in [3.05, 3.63) is 35.3 Å². The van der Waals surface area contributed by atoms with Gasteiger partial charge in [-0.25, -0.2) is 9.97 Å². The molecule has 1 amide bonds. The smallest absolute Gasteiger partial charge is 0.406 e. The molecule has 1 unspecified atom stereocenters. The van der Waals surface area contributed by atoms with Crippen molar-refractivity contribution in [3.8, 4) is 16.3 Å². The van der Waals surface area contributed by atoms with Crippen LogP contribution in [-0.2, 0) is 9.53 Å². The first kappa shape index (κ1) is 23.5. The first-order valence-electron chi connectivity index (χ1n) is 10.2. The summed E-state index contributed by atoms with van der Waals surface area (Å²) in [6.45, 7) is 2.54. The van der Waals surface area contributed by atoms with Gasteiger partial charge in [-0.3, -0.25) is 4.79 Å². The van der Waals surface area contributed by atoms with Gasteiger partial charge < -0.3 is 20.1 Å². The molecular weight excluding hydrogens is 477 g/mol. The molecule has 1 aromatic carbocycles. The number of hydrogen-bond acceptors (Lipinski definition) is 8. The van der Waals surface area contributed by atoms with Crippen molar-refractivity contribution in [1.29, 1.82) is 0 Å². The van der Waals surface area contributed by atoms with E-state index in [0.717, 1.165) is 29.8 Å². The number of rotatable bonds is 7. The summed E-state index contributed by atoms with van der Waals surface area (Å²) in [5.41, 5.74) is 2.02. The topological polar surface area (TPSA) is 85.4 Å². The van der Waals surface area contributed by atoms with Crippen molar-refractivity contribution in [1.82, 2.24) is 9.97 Å². The van der Waals surface area contributed by atoms with Gasteiger partial charge in [-0.05, 0) is 50.5 Å². The van der Waals surface area contributed by atoms with Gasteiger partial charge >= 0.3 is 6.36 Å². The summed E-state index contributed by atoms with van der Waals surface area (Å²) >= 11 is 2.69. The number of amides is 1. The van der Waals surface area contributed by atoms with Gasteiger partial charge in [-0.2, -0.15) is 0 Å². The van der Waals surface area contributed by atoms with E-state index in [4.69, 9.17) is 4.74 Å². The van der Waals surface area contributed by atoms with Crippen LogP contribution in [0.25, 0.3) is 10.6 Å². The average Bonchev–Trinajstić information content (AvgIpc) is 3.35. The normalized spacial score (nSPS) is 16.4. The molecule has 3 aromatic rings. The van der Waals surface area contributed by atoms with Gasteiger partial charge in [0.25, 0.3) is 0 Å². The second-order valence-electron chi connectivity index (χ2n) is 7.41. The van der Waals surface area contributed by atoms with Crippen LogP contribution < -0.4 is 15.4 Å². The lowest BCUT2D eigenvalue weighted by Crippen LogP contribution is -2.25. The number of carbonyl (C=O) groups is 1. The Labute approximate surface area is 196 Å². The molecule has 0 aliphatic carbocycles. The predicted octanol–water partition coefficient (Wildman–Crippen LogP) is 6.11. The summed E-state index contributed by atoms with van der Waals surface area (Å²) in [5, 5.41) is 8.83. The number of carbonyl (C=O) groups excluding carboxylic acids is 1. The Hall–Kier alpha value is -2.70. The average molecular weight is 499 g/mol. The summed E-state index contributed by atoms with van der Waals surface area (Å²) < 4.78 is 46.3. The quantitative estimate of drug-likeness (QED) is 0.409. The van der Waals surface area contributed by atoms with Crippen LogP contribution in [0.1, 0.15) is 31.4 Å². The van der Waals surface area contributed by atoms with Crippen molar-refractivity contribution in [3.63, 3.8) is 0 Å². The molecular formula is C21H21F3N4O3S2. The number of anilines is 3. The van der Waals surface area contributed by atoms with Crippen molar-refractivity contribution < 1.29 is 27.4 Å². The van der Waals surface area contributed by atoms with Crippen LogP contribution in [0.15, 0.2) is 29.6 Å². The van der Waals surface area contributed by atoms with E-state index in [0.29, 0.717) is 34.7 Å². The number of aromatic nitrogens is 2. The molecule has 1 aliphatic heterocycles. The lowest BCUT2D eigenvalue weighted by molar-refractivity contribution is -0.274. The summed E-state index contributed by atoms with van der Waals surface area (Å²) in [6.07, 6.45) is -1.46. The van der Waals surface area contributed by atoms with E-state index in [1.54, 1.807) is 0 Å². The number of nitrogens with zero attached hydrogens (tertiary/aromatic N) is 2. The lowest BCUT2D eigenvalue weighted by Gasteiger charge is -2.21. The fraction of sp³-hybridized carbons (Fsp3) is 0.381. The molecule has 2 N–H and O–H groups in total. The second kappa shape index (κ2) is 10.1. The molecule has 7 nitrogen and oxygen atoms in total. The highest BCUT2D eigenvalue weighted by molar-refractivity contribution is 7.20. The third-order valence-corrected chi connectivity index (χ3v) is 6.66. The monoisotopic (exact) mass is 498 g/mol. The largest absolute Gasteiger partial charge is 0.573 e. The Morgan fingerprint density at radius 1 is 1.21 bits per heavy atom. The van der Waals surface area contributed by atoms with E-state index in [1.165, 1.54) is 46.9 Å². The number of halogens is 3. The van der Waals surface area contributed by atoms with Gasteiger partial charge in [0.1, 0.15) is 5.75 Å². The number of benzene rings is 1. The highest BCUT2D eigenvalue weighted by Crippen LogP contribution is 2.35. The molecule has 1 saturated heterocycles. The molecule has 2 aromatic heterocycles. The minimum Gasteiger partial charge on any atom is -0.406 e. The van der Waals surface area contributed by atoms with Gasteiger partial charge in [-0.1, -0.05) is 11.3 Å². The molecule has 176 valence electrons. The Bertz CT molecular complexity index is 1090. The van der Waals surface area contributed by atoms with Gasteiger partial charge in [-0.15, -0.1) is 24.5 Å². The van der Waals surface area contributed by atoms with Gasteiger partial charge in [0.05, 0.1) is 28.8 Å². The summed E-state index contributed by atoms with van der Waals surface area (Å²) in [6, 6.07) is 5.41. The van der Waals surface area contributed by atoms with E-state index in [1.807, 2.05) is 12.3 Å². The van der Waals surface area contributed by atoms with Crippen molar-refractivity contribution in [2.75, 3.05) is 17.2 Å². The molecule has 0 spiro atoms. The van der Waals surface area contributed by atoms with Gasteiger partial charge in [0.15, 0.2) is 10.3 Å². The summed E-state index contributed by atoms with van der Waals surface area (Å²) in [7, 11) is 0. The molecule has 3 heterocycles. The highest BCUT2D eigenvalue weighted by atomic mass is 32.1. The summed E-state index contributed by atoms with van der Waals surface area (Å²) in [5.74, 6) is -0.418. The molecule has 1 atom stereocenters. The number of thiazole rings is 2. The maximum absolute atomic E-state index is 12.3. The third-order valence-electron chi connectivity index (χ3n) is 4.81. The molecule has 1 fully saturated rings. The Kier molecular flexibility index (Phi) is 7.15. The highest BCUT2D eigenvalue weighted by Gasteiger charge is 2.31. The van der Waals surface area contributed by atoms with Crippen LogP contribution >= 0.6 is 22.7 Å². The number of aryl methyl sites for hydroxylation is 1. The number of alkyl halides is 3. The zero-order valence-corrected chi connectivity index (χ0v) is 19.2. The SMILES string of the molecule is Cc1nc(NC(=O)CC2CCCCO2)sc1-c1csc(Nc2ccc(OC(F)(F)F)cc2)n1. The van der Waals surface area contributed by atoms with Crippen LogP contribution in [0, 0.1) is 6.92 Å². The summed E-state index contributed by atoms with van der Waals surface area (Å²) in [4.78, 5) is 22.1. The Morgan fingerprint density at radius 3 is 2.70 bits per heavy atom. The first-order valence-corrected chi connectivity index (χ1v) is 11.9. The van der Waals surface area contributed by atoms with Crippen LogP contribution in [-0.4, -0.2) is 34.9 Å². The zero-order chi connectivity index (χ0) is 23.4. The van der Waals surface area contributed by atoms with Crippen LogP contribution in [0.3, 0.4) is 0 Å². The molecule has 0 radical (unpaired) electrons. The molecule has 1 aliphatic rings. The minimum absolute atomic E-state index is 0.0412. The predicted molar refractivity (Wildman–Crippen MR) is 121 cm³/mol. The van der Waals surface area contributed by atoms with Crippen LogP contribution in [0.5, 0.6) is 5.75 Å². The van der Waals surface area contributed by atoms with Crippen molar-refractivity contribution >= 4 is 44.5 Å². The van der Waals surface area contributed by atoms with E-state index in [2.05, 4.69) is 25.3 Å². The maximum Gasteiger partial charge on any atom is 0.573 e. The van der Waals surface area contributed by atoms with E-state index in [9.17, 15) is 18.0 Å². The van der Waals surface area contributed by atoms with Crippen LogP contribution in [0.4, 0.5) is 29.1 Å². The van der Waals surface area contributed by atoms with Gasteiger partial charge in [0, 0.05) is 17.7 Å². The zero-order valence-electron chi connectivity index (χ0n) is 17.6. The maximum atomic E-state index is 12.3. The number of ether oxygens (including phenoxy) is 2.